The molecule has 1 aromatic carbocycles. The number of pyridine rings is 1. The van der Waals surface area contributed by atoms with Gasteiger partial charge < -0.3 is 5.32 Å². The molecule has 0 bridgehead atoms. The van der Waals surface area contributed by atoms with Crippen LogP contribution in [0.15, 0.2) is 48.0 Å². The predicted molar refractivity (Wildman–Crippen MR) is 78.8 cm³/mol. The number of carbonyl (C=O) groups is 1. The van der Waals surface area contributed by atoms with Gasteiger partial charge in [-0.1, -0.05) is 18.2 Å². The Balaban J connectivity index is 1.95. The molecule has 1 amide bonds. The number of benzene rings is 1. The Morgan fingerprint density at radius 3 is 2.89 bits per heavy atom. The van der Waals surface area contributed by atoms with Crippen LogP contribution in [0, 0.1) is 6.92 Å². The highest BCUT2D eigenvalue weighted by molar-refractivity contribution is 7.12. The summed E-state index contributed by atoms with van der Waals surface area (Å²) in [5.74, 6) is -0.0868. The van der Waals surface area contributed by atoms with Crippen LogP contribution >= 0.6 is 11.3 Å². The van der Waals surface area contributed by atoms with Crippen molar-refractivity contribution in [2.75, 3.05) is 5.32 Å². The van der Waals surface area contributed by atoms with Crippen LogP contribution in [0.25, 0.3) is 10.9 Å². The average molecular weight is 268 g/mol. The third-order valence-electron chi connectivity index (χ3n) is 2.84. The van der Waals surface area contributed by atoms with Crippen molar-refractivity contribution < 1.29 is 4.79 Å². The Kier molecular flexibility index (Phi) is 3.01. The van der Waals surface area contributed by atoms with Crippen LogP contribution in [0.1, 0.15) is 15.2 Å². The zero-order valence-electron chi connectivity index (χ0n) is 10.4. The van der Waals surface area contributed by atoms with Crippen molar-refractivity contribution in [2.45, 2.75) is 6.92 Å². The highest BCUT2D eigenvalue weighted by atomic mass is 32.1. The first-order chi connectivity index (χ1) is 9.24. The van der Waals surface area contributed by atoms with Gasteiger partial charge in [0, 0.05) is 11.6 Å². The Bertz CT molecular complexity index is 743. The maximum Gasteiger partial charge on any atom is 0.265 e. The van der Waals surface area contributed by atoms with Crippen molar-refractivity contribution in [3.8, 4) is 0 Å². The minimum atomic E-state index is -0.0868. The van der Waals surface area contributed by atoms with Crippen LogP contribution in [-0.2, 0) is 0 Å². The van der Waals surface area contributed by atoms with E-state index >= 15 is 0 Å². The van der Waals surface area contributed by atoms with Gasteiger partial charge >= 0.3 is 0 Å². The summed E-state index contributed by atoms with van der Waals surface area (Å²) in [7, 11) is 0. The quantitative estimate of drug-likeness (QED) is 0.767. The van der Waals surface area contributed by atoms with Crippen LogP contribution in [0.3, 0.4) is 0 Å². The number of anilines is 1. The van der Waals surface area contributed by atoms with Crippen LogP contribution < -0.4 is 5.32 Å². The number of nitrogens with one attached hydrogen (secondary N) is 1. The van der Waals surface area contributed by atoms with E-state index in [1.807, 2.05) is 48.7 Å². The van der Waals surface area contributed by atoms with Crippen molar-refractivity contribution >= 4 is 33.8 Å². The third-order valence-corrected chi connectivity index (χ3v) is 3.88. The number of amides is 1. The molecule has 0 saturated heterocycles. The van der Waals surface area contributed by atoms with Crippen molar-refractivity contribution in [1.82, 2.24) is 4.98 Å². The van der Waals surface area contributed by atoms with Crippen molar-refractivity contribution in [1.29, 1.82) is 0 Å². The summed E-state index contributed by atoms with van der Waals surface area (Å²) in [6, 6.07) is 11.5. The fraction of sp³-hybridized carbons (Fsp3) is 0.0667. The summed E-state index contributed by atoms with van der Waals surface area (Å²) in [5, 5.41) is 5.91. The Labute approximate surface area is 114 Å². The van der Waals surface area contributed by atoms with Crippen LogP contribution in [0.4, 0.5) is 5.69 Å². The molecule has 1 N–H and O–H groups in total. The fourth-order valence-corrected chi connectivity index (χ4v) is 2.73. The molecule has 19 heavy (non-hydrogen) atoms. The molecule has 3 rings (SSSR count). The SMILES string of the molecule is Cc1csc(C(=O)Nc2cccc3cccnc23)c1. The third kappa shape index (κ3) is 2.35. The molecule has 0 aliphatic carbocycles. The molecule has 0 atom stereocenters. The molecular weight excluding hydrogens is 256 g/mol. The van der Waals surface area contributed by atoms with Crippen molar-refractivity contribution in [2.24, 2.45) is 0 Å². The van der Waals surface area contributed by atoms with E-state index in [2.05, 4.69) is 10.3 Å². The van der Waals surface area contributed by atoms with Crippen LogP contribution in [0.2, 0.25) is 0 Å². The second-order valence-electron chi connectivity index (χ2n) is 4.32. The molecule has 0 saturated carbocycles. The smallest absolute Gasteiger partial charge is 0.265 e. The largest absolute Gasteiger partial charge is 0.319 e. The number of fused-ring (bicyclic) bond motifs is 1. The number of hydrogen-bond acceptors (Lipinski definition) is 3. The van der Waals surface area contributed by atoms with E-state index in [4.69, 9.17) is 0 Å². The van der Waals surface area contributed by atoms with Gasteiger partial charge in [0.1, 0.15) is 0 Å². The van der Waals surface area contributed by atoms with Gasteiger partial charge in [-0.15, -0.1) is 11.3 Å². The maximum absolute atomic E-state index is 12.1. The molecule has 0 radical (unpaired) electrons. The zero-order valence-corrected chi connectivity index (χ0v) is 11.2. The summed E-state index contributed by atoms with van der Waals surface area (Å²) in [6.45, 7) is 1.98. The molecule has 0 fully saturated rings. The van der Waals surface area contributed by atoms with Gasteiger partial charge in [-0.05, 0) is 36.1 Å². The molecule has 4 heteroatoms. The number of nitrogens with zero attached hydrogens (tertiary/aromatic N) is 1. The van der Waals surface area contributed by atoms with Gasteiger partial charge in [-0.3, -0.25) is 9.78 Å². The predicted octanol–water partition coefficient (Wildman–Crippen LogP) is 3.86. The topological polar surface area (TPSA) is 42.0 Å². The normalized spacial score (nSPS) is 10.6. The Morgan fingerprint density at radius 1 is 1.26 bits per heavy atom. The summed E-state index contributed by atoms with van der Waals surface area (Å²) in [6.07, 6.45) is 1.73. The number of aryl methyl sites for hydroxylation is 1. The second kappa shape index (κ2) is 4.82. The van der Waals surface area contributed by atoms with Gasteiger partial charge in [-0.25, -0.2) is 0 Å². The summed E-state index contributed by atoms with van der Waals surface area (Å²) in [5.41, 5.74) is 2.66. The number of para-hydroxylation sites is 1. The Hall–Kier alpha value is -2.20. The van der Waals surface area contributed by atoms with Crippen LogP contribution in [0.5, 0.6) is 0 Å². The number of rotatable bonds is 2. The summed E-state index contributed by atoms with van der Waals surface area (Å²) >= 11 is 1.45. The molecule has 0 aliphatic rings. The monoisotopic (exact) mass is 268 g/mol. The lowest BCUT2D eigenvalue weighted by Crippen LogP contribution is -2.10. The van der Waals surface area contributed by atoms with Gasteiger partial charge in [-0.2, -0.15) is 0 Å². The average Bonchev–Trinajstić information content (AvgIpc) is 2.86. The molecule has 94 valence electrons. The summed E-state index contributed by atoms with van der Waals surface area (Å²) in [4.78, 5) is 17.2. The van der Waals surface area contributed by atoms with Gasteiger partial charge in [0.25, 0.3) is 5.91 Å². The number of carbonyl (C=O) groups excluding carboxylic acids is 1. The number of hydrogen-bond donors (Lipinski definition) is 1. The lowest BCUT2D eigenvalue weighted by molar-refractivity contribution is 0.103. The van der Waals surface area contributed by atoms with Crippen molar-refractivity contribution in [3.05, 3.63) is 58.4 Å². The lowest BCUT2D eigenvalue weighted by Gasteiger charge is -2.06. The minimum Gasteiger partial charge on any atom is -0.319 e. The van der Waals surface area contributed by atoms with E-state index in [0.717, 1.165) is 22.2 Å². The molecule has 0 spiro atoms. The Morgan fingerprint density at radius 2 is 2.11 bits per heavy atom. The molecule has 3 nitrogen and oxygen atoms in total. The molecular formula is C15H12N2OS. The molecule has 2 heterocycles. The highest BCUT2D eigenvalue weighted by Crippen LogP contribution is 2.22. The van der Waals surface area contributed by atoms with Gasteiger partial charge in [0.15, 0.2) is 0 Å². The summed E-state index contributed by atoms with van der Waals surface area (Å²) < 4.78 is 0. The molecule has 0 aliphatic heterocycles. The lowest BCUT2D eigenvalue weighted by atomic mass is 10.2. The fourth-order valence-electron chi connectivity index (χ4n) is 1.94. The van der Waals surface area contributed by atoms with E-state index in [0.29, 0.717) is 4.88 Å². The van der Waals surface area contributed by atoms with E-state index in [-0.39, 0.29) is 5.91 Å². The first-order valence-electron chi connectivity index (χ1n) is 5.94. The molecule has 0 unspecified atom stereocenters. The first-order valence-corrected chi connectivity index (χ1v) is 6.82. The molecule has 2 aromatic heterocycles. The van der Waals surface area contributed by atoms with E-state index in [9.17, 15) is 4.79 Å². The van der Waals surface area contributed by atoms with Gasteiger partial charge in [0.2, 0.25) is 0 Å². The number of aromatic nitrogens is 1. The zero-order chi connectivity index (χ0) is 13.2. The standard InChI is InChI=1S/C15H12N2OS/c1-10-8-13(19-9-10)15(18)17-12-6-2-4-11-5-3-7-16-14(11)12/h2-9H,1H3,(H,17,18). The van der Waals surface area contributed by atoms with E-state index in [1.165, 1.54) is 11.3 Å². The molecule has 3 aromatic rings. The highest BCUT2D eigenvalue weighted by Gasteiger charge is 2.10. The maximum atomic E-state index is 12.1. The minimum absolute atomic E-state index is 0.0868. The first kappa shape index (κ1) is 11.9. The number of thiophene rings is 1. The van der Waals surface area contributed by atoms with E-state index < -0.39 is 0 Å². The van der Waals surface area contributed by atoms with Crippen molar-refractivity contribution in [3.63, 3.8) is 0 Å². The van der Waals surface area contributed by atoms with Gasteiger partial charge in [0.05, 0.1) is 16.1 Å². The van der Waals surface area contributed by atoms with Crippen LogP contribution in [-0.4, -0.2) is 10.9 Å². The van der Waals surface area contributed by atoms with E-state index in [1.54, 1.807) is 6.20 Å². The second-order valence-corrected chi connectivity index (χ2v) is 5.23.